The van der Waals surface area contributed by atoms with E-state index in [4.69, 9.17) is 4.42 Å². The number of benzene rings is 10. The maximum Gasteiger partial charge on any atom is 0.136 e. The molecule has 2 nitrogen and oxygen atoms in total. The fourth-order valence-electron chi connectivity index (χ4n) is 8.49. The molecule has 0 radical (unpaired) electrons. The number of rotatable bonds is 6. The van der Waals surface area contributed by atoms with E-state index in [2.05, 4.69) is 217 Å². The Morgan fingerprint density at radius 2 is 0.839 bits per heavy atom. The zero-order chi connectivity index (χ0) is 37.0. The van der Waals surface area contributed by atoms with E-state index in [1.165, 1.54) is 54.6 Å². The van der Waals surface area contributed by atoms with Crippen LogP contribution in [0.5, 0.6) is 0 Å². The Morgan fingerprint density at radius 3 is 1.62 bits per heavy atom. The predicted molar refractivity (Wildman–Crippen MR) is 237 cm³/mol. The largest absolute Gasteiger partial charge is 0.456 e. The number of nitrogens with zero attached hydrogens (tertiary/aromatic N) is 1. The van der Waals surface area contributed by atoms with E-state index in [1.807, 2.05) is 0 Å². The molecule has 56 heavy (non-hydrogen) atoms. The molecular weight excluding hydrogens is 679 g/mol. The summed E-state index contributed by atoms with van der Waals surface area (Å²) < 4.78 is 6.44. The summed E-state index contributed by atoms with van der Waals surface area (Å²) in [5, 5.41) is 9.66. The van der Waals surface area contributed by atoms with Gasteiger partial charge in [0.1, 0.15) is 11.2 Å². The van der Waals surface area contributed by atoms with Crippen LogP contribution in [0.2, 0.25) is 0 Å². The summed E-state index contributed by atoms with van der Waals surface area (Å²) >= 11 is 0. The molecule has 0 aliphatic heterocycles. The first kappa shape index (κ1) is 32.0. The summed E-state index contributed by atoms with van der Waals surface area (Å²) in [6, 6.07) is 76.5. The number of para-hydroxylation sites is 1. The van der Waals surface area contributed by atoms with Gasteiger partial charge in [-0.3, -0.25) is 0 Å². The summed E-state index contributed by atoms with van der Waals surface area (Å²) in [6.45, 7) is 0. The standard InChI is InChI=1S/C54H35NO/c1-2-12-36(13-3-1)37-26-28-43(29-27-37)55(44-30-31-53-51(35-44)50-32-40-14-4-5-15-41(40)34-54(50)56-53)52-21-11-10-18-46(52)38-22-24-39(25-23-38)49-33-42-16-6-7-17-45(42)47-19-8-9-20-48(47)49/h1-35H. The third-order valence-electron chi connectivity index (χ3n) is 11.2. The van der Waals surface area contributed by atoms with Crippen molar-refractivity contribution in [1.29, 1.82) is 0 Å². The van der Waals surface area contributed by atoms with Crippen molar-refractivity contribution in [2.45, 2.75) is 0 Å². The number of hydrogen-bond donors (Lipinski definition) is 0. The average Bonchev–Trinajstić information content (AvgIpc) is 3.63. The number of furan rings is 1. The molecular formula is C54H35NO. The van der Waals surface area contributed by atoms with Gasteiger partial charge in [0.15, 0.2) is 0 Å². The lowest BCUT2D eigenvalue weighted by atomic mass is 9.92. The van der Waals surface area contributed by atoms with E-state index >= 15 is 0 Å². The Bertz CT molecular complexity index is 3230. The van der Waals surface area contributed by atoms with Gasteiger partial charge >= 0.3 is 0 Å². The Labute approximate surface area is 325 Å². The number of fused-ring (bicyclic) bond motifs is 7. The highest BCUT2D eigenvalue weighted by atomic mass is 16.3. The highest BCUT2D eigenvalue weighted by molar-refractivity contribution is 6.14. The van der Waals surface area contributed by atoms with Crippen molar-refractivity contribution in [3.8, 4) is 33.4 Å². The lowest BCUT2D eigenvalue weighted by Gasteiger charge is -2.28. The van der Waals surface area contributed by atoms with Gasteiger partial charge in [-0.2, -0.15) is 0 Å². The lowest BCUT2D eigenvalue weighted by Crippen LogP contribution is -2.11. The van der Waals surface area contributed by atoms with Gasteiger partial charge in [-0.1, -0.05) is 158 Å². The van der Waals surface area contributed by atoms with Crippen molar-refractivity contribution in [2.75, 3.05) is 4.90 Å². The Hall–Kier alpha value is -7.42. The van der Waals surface area contributed by atoms with E-state index < -0.39 is 0 Å². The van der Waals surface area contributed by atoms with Crippen molar-refractivity contribution in [1.82, 2.24) is 0 Å². The van der Waals surface area contributed by atoms with Gasteiger partial charge in [-0.25, -0.2) is 0 Å². The molecule has 0 unspecified atom stereocenters. The van der Waals surface area contributed by atoms with Gasteiger partial charge < -0.3 is 9.32 Å². The van der Waals surface area contributed by atoms with Crippen LogP contribution in [-0.2, 0) is 0 Å². The van der Waals surface area contributed by atoms with Crippen LogP contribution >= 0.6 is 0 Å². The lowest BCUT2D eigenvalue weighted by molar-refractivity contribution is 0.669. The van der Waals surface area contributed by atoms with Crippen LogP contribution in [0, 0.1) is 0 Å². The van der Waals surface area contributed by atoms with Crippen molar-refractivity contribution in [3.05, 3.63) is 212 Å². The molecule has 11 rings (SSSR count). The van der Waals surface area contributed by atoms with Gasteiger partial charge in [0.2, 0.25) is 0 Å². The SMILES string of the molecule is c1ccc(-c2ccc(N(c3ccc4oc5cc6ccccc6cc5c4c3)c3ccccc3-c3ccc(-c4cc5ccccc5c5ccccc45)cc3)cc2)cc1. The third kappa shape index (κ3) is 5.42. The molecule has 262 valence electrons. The summed E-state index contributed by atoms with van der Waals surface area (Å²) in [6.07, 6.45) is 0. The molecule has 10 aromatic carbocycles. The second kappa shape index (κ2) is 13.2. The van der Waals surface area contributed by atoms with Gasteiger partial charge in [-0.05, 0) is 115 Å². The van der Waals surface area contributed by atoms with Crippen LogP contribution < -0.4 is 4.90 Å². The van der Waals surface area contributed by atoms with Crippen molar-refractivity contribution < 1.29 is 4.42 Å². The second-order valence-electron chi connectivity index (χ2n) is 14.5. The molecule has 2 heteroatoms. The third-order valence-corrected chi connectivity index (χ3v) is 11.2. The van der Waals surface area contributed by atoms with E-state index in [9.17, 15) is 0 Å². The first-order valence-electron chi connectivity index (χ1n) is 19.2. The van der Waals surface area contributed by atoms with Crippen LogP contribution in [0.15, 0.2) is 217 Å². The minimum Gasteiger partial charge on any atom is -0.456 e. The monoisotopic (exact) mass is 713 g/mol. The average molecular weight is 714 g/mol. The molecule has 11 aromatic rings. The first-order chi connectivity index (χ1) is 27.7. The zero-order valence-corrected chi connectivity index (χ0v) is 30.6. The molecule has 0 aliphatic carbocycles. The van der Waals surface area contributed by atoms with E-state index in [0.29, 0.717) is 0 Å². The highest BCUT2D eigenvalue weighted by Gasteiger charge is 2.20. The maximum absolute atomic E-state index is 6.44. The summed E-state index contributed by atoms with van der Waals surface area (Å²) in [4.78, 5) is 2.38. The van der Waals surface area contributed by atoms with Gasteiger partial charge in [0.25, 0.3) is 0 Å². The summed E-state index contributed by atoms with van der Waals surface area (Å²) in [5.41, 5.74) is 12.1. The van der Waals surface area contributed by atoms with Crippen LogP contribution in [0.25, 0.3) is 87.6 Å². The smallest absolute Gasteiger partial charge is 0.136 e. The molecule has 0 atom stereocenters. The predicted octanol–water partition coefficient (Wildman–Crippen LogP) is 15.5. The van der Waals surface area contributed by atoms with Crippen molar-refractivity contribution in [2.24, 2.45) is 0 Å². The normalized spacial score (nSPS) is 11.6. The van der Waals surface area contributed by atoms with E-state index in [-0.39, 0.29) is 0 Å². The van der Waals surface area contributed by atoms with Crippen LogP contribution in [0.3, 0.4) is 0 Å². The number of anilines is 3. The summed E-state index contributed by atoms with van der Waals surface area (Å²) in [5.74, 6) is 0. The molecule has 0 fully saturated rings. The van der Waals surface area contributed by atoms with E-state index in [1.54, 1.807) is 0 Å². The molecule has 0 amide bonds. The Kier molecular flexibility index (Phi) is 7.53. The maximum atomic E-state index is 6.44. The van der Waals surface area contributed by atoms with Crippen LogP contribution in [0.1, 0.15) is 0 Å². The van der Waals surface area contributed by atoms with Crippen molar-refractivity contribution >= 4 is 71.3 Å². The first-order valence-corrected chi connectivity index (χ1v) is 19.2. The number of hydrogen-bond acceptors (Lipinski definition) is 2. The molecule has 0 saturated carbocycles. The van der Waals surface area contributed by atoms with Crippen molar-refractivity contribution in [3.63, 3.8) is 0 Å². The molecule has 1 aromatic heterocycles. The highest BCUT2D eigenvalue weighted by Crippen LogP contribution is 2.44. The zero-order valence-electron chi connectivity index (χ0n) is 30.6. The Balaban J connectivity index is 1.06. The Morgan fingerprint density at radius 1 is 0.286 bits per heavy atom. The van der Waals surface area contributed by atoms with Gasteiger partial charge in [0.05, 0.1) is 5.69 Å². The molecule has 0 N–H and O–H groups in total. The fourth-order valence-corrected chi connectivity index (χ4v) is 8.49. The fraction of sp³-hybridized carbons (Fsp3) is 0. The van der Waals surface area contributed by atoms with E-state index in [0.717, 1.165) is 50.1 Å². The molecule has 1 heterocycles. The van der Waals surface area contributed by atoms with Crippen LogP contribution in [0.4, 0.5) is 17.1 Å². The minimum absolute atomic E-state index is 0.878. The van der Waals surface area contributed by atoms with Crippen LogP contribution in [-0.4, -0.2) is 0 Å². The quantitative estimate of drug-likeness (QED) is 0.160. The second-order valence-corrected chi connectivity index (χ2v) is 14.5. The van der Waals surface area contributed by atoms with Gasteiger partial charge in [0, 0.05) is 27.7 Å². The molecule has 0 saturated heterocycles. The topological polar surface area (TPSA) is 16.4 Å². The molecule has 0 aliphatic rings. The minimum atomic E-state index is 0.878. The van der Waals surface area contributed by atoms with Gasteiger partial charge in [-0.15, -0.1) is 0 Å². The summed E-state index contributed by atoms with van der Waals surface area (Å²) in [7, 11) is 0. The molecule has 0 spiro atoms. The molecule has 0 bridgehead atoms.